The Morgan fingerprint density at radius 1 is 1.15 bits per heavy atom. The zero-order chi connectivity index (χ0) is 14.4. The summed E-state index contributed by atoms with van der Waals surface area (Å²) < 4.78 is 4.81. The minimum Gasteiger partial charge on any atom is -0.469 e. The Morgan fingerprint density at radius 2 is 1.80 bits per heavy atom. The first-order valence-corrected chi connectivity index (χ1v) is 7.74. The number of benzene rings is 1. The maximum atomic E-state index is 11.5. The van der Waals surface area contributed by atoms with Crippen LogP contribution in [0.3, 0.4) is 0 Å². The van der Waals surface area contributed by atoms with Gasteiger partial charge in [-0.05, 0) is 49.9 Å². The molecule has 0 unspecified atom stereocenters. The maximum absolute atomic E-state index is 11.5. The van der Waals surface area contributed by atoms with Crippen molar-refractivity contribution in [2.24, 2.45) is 5.92 Å². The van der Waals surface area contributed by atoms with Gasteiger partial charge in [-0.3, -0.25) is 15.1 Å². The quantitative estimate of drug-likeness (QED) is 0.665. The van der Waals surface area contributed by atoms with Gasteiger partial charge in [0.15, 0.2) is 0 Å². The second-order valence-corrected chi connectivity index (χ2v) is 6.32. The van der Waals surface area contributed by atoms with E-state index in [1.54, 1.807) is 7.11 Å². The summed E-state index contributed by atoms with van der Waals surface area (Å²) in [6.07, 6.45) is 4.02. The van der Waals surface area contributed by atoms with Crippen LogP contribution in [0.15, 0.2) is 29.2 Å². The molecule has 1 N–H and O–H groups in total. The van der Waals surface area contributed by atoms with E-state index in [1.165, 1.54) is 12.0 Å². The van der Waals surface area contributed by atoms with E-state index >= 15 is 0 Å². The summed E-state index contributed by atoms with van der Waals surface area (Å²) in [6.45, 7) is 0. The number of carbonyl (C=O) groups excluding carboxylic acids is 1. The number of nitrogens with one attached hydrogen (secondary N) is 1. The van der Waals surface area contributed by atoms with Gasteiger partial charge >= 0.3 is 5.97 Å². The van der Waals surface area contributed by atoms with Crippen LogP contribution in [0.25, 0.3) is 0 Å². The SMILES string of the molecule is CONc1ccc(SC2CCC(C(=O)OC)CC2)cc1. The number of methoxy groups -OCH3 is 1. The Balaban J connectivity index is 1.81. The topological polar surface area (TPSA) is 47.6 Å². The van der Waals surface area contributed by atoms with Gasteiger partial charge in [-0.15, -0.1) is 11.8 Å². The van der Waals surface area contributed by atoms with Crippen molar-refractivity contribution in [3.05, 3.63) is 24.3 Å². The van der Waals surface area contributed by atoms with Gasteiger partial charge in [0.1, 0.15) is 0 Å². The molecule has 1 saturated carbocycles. The van der Waals surface area contributed by atoms with Crippen molar-refractivity contribution in [2.75, 3.05) is 19.7 Å². The normalized spacial score (nSPS) is 22.3. The molecule has 0 saturated heterocycles. The maximum Gasteiger partial charge on any atom is 0.308 e. The Bertz CT molecular complexity index is 427. The minimum atomic E-state index is -0.0524. The molecule has 1 aliphatic rings. The van der Waals surface area contributed by atoms with Gasteiger partial charge in [0.2, 0.25) is 0 Å². The number of rotatable bonds is 5. The highest BCUT2D eigenvalue weighted by Crippen LogP contribution is 2.36. The number of thioether (sulfide) groups is 1. The van der Waals surface area contributed by atoms with Crippen molar-refractivity contribution < 1.29 is 14.4 Å². The Hall–Kier alpha value is -1.20. The van der Waals surface area contributed by atoms with E-state index in [0.717, 1.165) is 31.4 Å². The number of anilines is 1. The van der Waals surface area contributed by atoms with Crippen LogP contribution in [0.5, 0.6) is 0 Å². The zero-order valence-corrected chi connectivity index (χ0v) is 12.7. The van der Waals surface area contributed by atoms with E-state index < -0.39 is 0 Å². The van der Waals surface area contributed by atoms with Crippen molar-refractivity contribution in [3.8, 4) is 0 Å². The van der Waals surface area contributed by atoms with Crippen molar-refractivity contribution in [3.63, 3.8) is 0 Å². The highest BCUT2D eigenvalue weighted by Gasteiger charge is 2.27. The minimum absolute atomic E-state index is 0.0524. The molecule has 0 spiro atoms. The van der Waals surface area contributed by atoms with E-state index in [2.05, 4.69) is 17.6 Å². The molecule has 0 amide bonds. The number of hydrogen-bond donors (Lipinski definition) is 1. The van der Waals surface area contributed by atoms with Crippen LogP contribution in [-0.4, -0.2) is 25.4 Å². The molecule has 0 atom stereocenters. The average molecular weight is 295 g/mol. The van der Waals surface area contributed by atoms with Crippen molar-refractivity contribution in [2.45, 2.75) is 35.8 Å². The van der Waals surface area contributed by atoms with Gasteiger partial charge in [0, 0.05) is 10.1 Å². The zero-order valence-electron chi connectivity index (χ0n) is 11.9. The average Bonchev–Trinajstić information content (AvgIpc) is 2.49. The van der Waals surface area contributed by atoms with Gasteiger partial charge in [0.05, 0.1) is 25.8 Å². The third-order valence-electron chi connectivity index (χ3n) is 3.59. The van der Waals surface area contributed by atoms with Crippen molar-refractivity contribution >= 4 is 23.4 Å². The third-order valence-corrected chi connectivity index (χ3v) is 4.93. The van der Waals surface area contributed by atoms with Crippen LogP contribution in [0.2, 0.25) is 0 Å². The number of carbonyl (C=O) groups is 1. The summed E-state index contributed by atoms with van der Waals surface area (Å²) in [5.41, 5.74) is 3.75. The van der Waals surface area contributed by atoms with Crippen LogP contribution in [0.1, 0.15) is 25.7 Å². The smallest absolute Gasteiger partial charge is 0.308 e. The molecule has 2 rings (SSSR count). The highest BCUT2D eigenvalue weighted by molar-refractivity contribution is 8.00. The highest BCUT2D eigenvalue weighted by atomic mass is 32.2. The lowest BCUT2D eigenvalue weighted by molar-refractivity contribution is -0.146. The molecule has 1 fully saturated rings. The molecule has 1 aliphatic carbocycles. The lowest BCUT2D eigenvalue weighted by Crippen LogP contribution is -2.23. The van der Waals surface area contributed by atoms with E-state index in [4.69, 9.17) is 9.57 Å². The monoisotopic (exact) mass is 295 g/mol. The summed E-state index contributed by atoms with van der Waals surface area (Å²) in [5, 5.41) is 0.595. The van der Waals surface area contributed by atoms with E-state index in [0.29, 0.717) is 5.25 Å². The van der Waals surface area contributed by atoms with Crippen LogP contribution < -0.4 is 5.48 Å². The molecule has 0 bridgehead atoms. The molecule has 1 aromatic rings. The second-order valence-electron chi connectivity index (χ2n) is 4.95. The van der Waals surface area contributed by atoms with Gasteiger partial charge in [-0.1, -0.05) is 0 Å². The molecule has 4 nitrogen and oxygen atoms in total. The predicted octanol–water partition coefficient (Wildman–Crippen LogP) is 3.48. The summed E-state index contributed by atoms with van der Waals surface area (Å²) in [4.78, 5) is 17.6. The van der Waals surface area contributed by atoms with Crippen LogP contribution in [0, 0.1) is 5.92 Å². The summed E-state index contributed by atoms with van der Waals surface area (Å²) in [5.74, 6) is 0.0496. The molecule has 0 radical (unpaired) electrons. The Labute approximate surface area is 124 Å². The first kappa shape index (κ1) is 15.2. The molecule has 0 aliphatic heterocycles. The molecular weight excluding hydrogens is 274 g/mol. The first-order valence-electron chi connectivity index (χ1n) is 6.86. The third kappa shape index (κ3) is 4.15. The van der Waals surface area contributed by atoms with Crippen LogP contribution >= 0.6 is 11.8 Å². The molecule has 5 heteroatoms. The fourth-order valence-electron chi connectivity index (χ4n) is 2.49. The summed E-state index contributed by atoms with van der Waals surface area (Å²) in [7, 11) is 3.07. The molecule has 20 heavy (non-hydrogen) atoms. The molecule has 1 aromatic carbocycles. The van der Waals surface area contributed by atoms with Gasteiger partial charge in [-0.25, -0.2) is 0 Å². The summed E-state index contributed by atoms with van der Waals surface area (Å²) in [6, 6.07) is 8.20. The van der Waals surface area contributed by atoms with E-state index in [-0.39, 0.29) is 11.9 Å². The molecule has 0 heterocycles. The lowest BCUT2D eigenvalue weighted by Gasteiger charge is -2.26. The number of ether oxygens (including phenoxy) is 1. The Kier molecular flexibility index (Phi) is 5.73. The second kappa shape index (κ2) is 7.55. The molecular formula is C15H21NO3S. The van der Waals surface area contributed by atoms with Gasteiger partial charge in [-0.2, -0.15) is 0 Å². The Morgan fingerprint density at radius 3 is 2.35 bits per heavy atom. The van der Waals surface area contributed by atoms with Gasteiger partial charge < -0.3 is 4.74 Å². The van der Waals surface area contributed by atoms with Crippen molar-refractivity contribution in [1.29, 1.82) is 0 Å². The van der Waals surface area contributed by atoms with E-state index in [9.17, 15) is 4.79 Å². The molecule has 110 valence electrons. The van der Waals surface area contributed by atoms with E-state index in [1.807, 2.05) is 23.9 Å². The summed E-state index contributed by atoms with van der Waals surface area (Å²) >= 11 is 1.89. The fourth-order valence-corrected chi connectivity index (χ4v) is 3.68. The van der Waals surface area contributed by atoms with Crippen molar-refractivity contribution in [1.82, 2.24) is 0 Å². The van der Waals surface area contributed by atoms with Crippen LogP contribution in [0.4, 0.5) is 5.69 Å². The predicted molar refractivity (Wildman–Crippen MR) is 80.7 cm³/mol. The lowest BCUT2D eigenvalue weighted by atomic mass is 9.89. The number of hydrogen-bond acceptors (Lipinski definition) is 5. The number of esters is 1. The fraction of sp³-hybridized carbons (Fsp3) is 0.533. The molecule has 0 aromatic heterocycles. The van der Waals surface area contributed by atoms with Crippen LogP contribution in [-0.2, 0) is 14.4 Å². The van der Waals surface area contributed by atoms with Gasteiger partial charge in [0.25, 0.3) is 0 Å². The first-order chi connectivity index (χ1) is 9.72. The largest absolute Gasteiger partial charge is 0.469 e. The standard InChI is InChI=1S/C15H21NO3S/c1-18-15(17)11-3-7-13(8-4-11)20-14-9-5-12(6-10-14)16-19-2/h5-6,9-11,13,16H,3-4,7-8H2,1-2H3.